The number of hydrogen-bond acceptors (Lipinski definition) is 4. The van der Waals surface area contributed by atoms with Gasteiger partial charge in [0.2, 0.25) is 0 Å². The number of hydrogen-bond donors (Lipinski definition) is 0. The lowest BCUT2D eigenvalue weighted by Crippen LogP contribution is -2.41. The predicted molar refractivity (Wildman–Crippen MR) is 73.5 cm³/mol. The number of fused-ring (bicyclic) bond motifs is 1. The monoisotopic (exact) mass is 245 g/mol. The van der Waals surface area contributed by atoms with Gasteiger partial charge in [0.15, 0.2) is 0 Å². The van der Waals surface area contributed by atoms with Crippen LogP contribution in [0.3, 0.4) is 0 Å². The largest absolute Gasteiger partial charge is 0.378 e. The normalized spacial score (nSPS) is 20.2. The van der Waals surface area contributed by atoms with Crippen molar-refractivity contribution in [1.82, 2.24) is 4.90 Å². The Balaban J connectivity index is 1.98. The van der Waals surface area contributed by atoms with Gasteiger partial charge in [-0.15, -0.1) is 0 Å². The molecule has 0 bridgehead atoms. The SMILES string of the molecule is CN1CCN=C(N2CCOCC2)c2ccccc21. The summed E-state index contributed by atoms with van der Waals surface area (Å²) in [7, 11) is 2.14. The molecular weight excluding hydrogens is 226 g/mol. The van der Waals surface area contributed by atoms with Gasteiger partial charge in [0.1, 0.15) is 5.84 Å². The summed E-state index contributed by atoms with van der Waals surface area (Å²) in [6.07, 6.45) is 0. The van der Waals surface area contributed by atoms with E-state index in [9.17, 15) is 0 Å². The Kier molecular flexibility index (Phi) is 3.19. The Hall–Kier alpha value is -1.55. The zero-order valence-corrected chi connectivity index (χ0v) is 10.8. The first kappa shape index (κ1) is 11.5. The third kappa shape index (κ3) is 2.08. The van der Waals surface area contributed by atoms with Crippen LogP contribution in [0.1, 0.15) is 5.56 Å². The smallest absolute Gasteiger partial charge is 0.133 e. The summed E-state index contributed by atoms with van der Waals surface area (Å²) in [5, 5.41) is 0. The number of benzodiazepines with no additional fused rings is 1. The molecule has 1 fully saturated rings. The Bertz CT molecular complexity index is 452. The predicted octanol–water partition coefficient (Wildman–Crippen LogP) is 1.22. The van der Waals surface area contributed by atoms with E-state index in [4.69, 9.17) is 9.73 Å². The number of rotatable bonds is 0. The summed E-state index contributed by atoms with van der Waals surface area (Å²) in [5.74, 6) is 1.14. The summed E-state index contributed by atoms with van der Waals surface area (Å²) < 4.78 is 5.42. The molecule has 0 unspecified atom stereocenters. The number of amidine groups is 1. The number of anilines is 1. The molecule has 18 heavy (non-hydrogen) atoms. The molecule has 1 saturated heterocycles. The van der Waals surface area contributed by atoms with Crippen LogP contribution in [0.4, 0.5) is 5.69 Å². The van der Waals surface area contributed by atoms with Crippen LogP contribution in [-0.2, 0) is 4.74 Å². The molecule has 0 spiro atoms. The first-order valence-corrected chi connectivity index (χ1v) is 6.54. The molecular formula is C14H19N3O. The van der Waals surface area contributed by atoms with Crippen LogP contribution < -0.4 is 4.90 Å². The molecule has 1 aromatic carbocycles. The van der Waals surface area contributed by atoms with Gasteiger partial charge in [0, 0.05) is 37.9 Å². The van der Waals surface area contributed by atoms with Gasteiger partial charge in [-0.1, -0.05) is 12.1 Å². The van der Waals surface area contributed by atoms with E-state index in [1.54, 1.807) is 0 Å². The van der Waals surface area contributed by atoms with Crippen molar-refractivity contribution in [2.45, 2.75) is 0 Å². The van der Waals surface area contributed by atoms with E-state index in [-0.39, 0.29) is 0 Å². The van der Waals surface area contributed by atoms with E-state index in [0.717, 1.165) is 45.2 Å². The fraction of sp³-hybridized carbons (Fsp3) is 0.500. The third-order valence-electron chi connectivity index (χ3n) is 3.56. The van der Waals surface area contributed by atoms with Crippen LogP contribution in [0.15, 0.2) is 29.3 Å². The van der Waals surface area contributed by atoms with E-state index in [1.165, 1.54) is 11.3 Å². The first-order chi connectivity index (χ1) is 8.86. The molecule has 0 amide bonds. The molecule has 0 aromatic heterocycles. The molecule has 3 rings (SSSR count). The molecule has 0 atom stereocenters. The Morgan fingerprint density at radius 2 is 1.89 bits per heavy atom. The molecule has 1 aromatic rings. The number of nitrogens with zero attached hydrogens (tertiary/aromatic N) is 3. The van der Waals surface area contributed by atoms with Crippen LogP contribution in [-0.4, -0.2) is 57.2 Å². The van der Waals surface area contributed by atoms with Gasteiger partial charge in [-0.2, -0.15) is 0 Å². The van der Waals surface area contributed by atoms with Gasteiger partial charge in [-0.05, 0) is 12.1 Å². The summed E-state index contributed by atoms with van der Waals surface area (Å²) in [6, 6.07) is 8.54. The Labute approximate surface area is 108 Å². The highest BCUT2D eigenvalue weighted by molar-refractivity contribution is 6.04. The van der Waals surface area contributed by atoms with Crippen LogP contribution in [0, 0.1) is 0 Å². The zero-order chi connectivity index (χ0) is 12.4. The summed E-state index contributed by atoms with van der Waals surface area (Å²) in [4.78, 5) is 9.42. The maximum absolute atomic E-state index is 5.42. The molecule has 2 aliphatic heterocycles. The lowest BCUT2D eigenvalue weighted by atomic mass is 10.1. The van der Waals surface area contributed by atoms with Crippen LogP contribution in [0.5, 0.6) is 0 Å². The number of aliphatic imine (C=N–C) groups is 1. The summed E-state index contributed by atoms with van der Waals surface area (Å²) in [5.41, 5.74) is 2.53. The minimum Gasteiger partial charge on any atom is -0.378 e. The van der Waals surface area contributed by atoms with Crippen LogP contribution >= 0.6 is 0 Å². The number of likely N-dealkylation sites (N-methyl/N-ethyl adjacent to an activating group) is 1. The standard InChI is InChI=1S/C14H19N3O/c1-16-7-6-15-14(17-8-10-18-11-9-17)12-4-2-3-5-13(12)16/h2-5H,6-11H2,1H3. The van der Waals surface area contributed by atoms with E-state index in [2.05, 4.69) is 41.1 Å². The van der Waals surface area contributed by atoms with Gasteiger partial charge >= 0.3 is 0 Å². The number of ether oxygens (including phenoxy) is 1. The highest BCUT2D eigenvalue weighted by atomic mass is 16.5. The van der Waals surface area contributed by atoms with E-state index in [1.807, 2.05) is 0 Å². The van der Waals surface area contributed by atoms with E-state index >= 15 is 0 Å². The Morgan fingerprint density at radius 1 is 1.11 bits per heavy atom. The fourth-order valence-corrected chi connectivity index (χ4v) is 2.55. The van der Waals surface area contributed by atoms with Crippen molar-refractivity contribution in [2.24, 2.45) is 4.99 Å². The molecule has 0 N–H and O–H groups in total. The fourth-order valence-electron chi connectivity index (χ4n) is 2.55. The zero-order valence-electron chi connectivity index (χ0n) is 10.8. The molecule has 0 saturated carbocycles. The summed E-state index contributed by atoms with van der Waals surface area (Å²) in [6.45, 7) is 5.32. The first-order valence-electron chi connectivity index (χ1n) is 6.54. The van der Waals surface area contributed by atoms with Gasteiger partial charge in [-0.3, -0.25) is 4.99 Å². The number of benzene rings is 1. The minimum absolute atomic E-state index is 0.803. The highest BCUT2D eigenvalue weighted by Crippen LogP contribution is 2.23. The van der Waals surface area contributed by atoms with Crippen molar-refractivity contribution in [3.63, 3.8) is 0 Å². The molecule has 0 radical (unpaired) electrons. The molecule has 4 heteroatoms. The van der Waals surface area contributed by atoms with Gasteiger partial charge < -0.3 is 14.5 Å². The topological polar surface area (TPSA) is 28.1 Å². The average Bonchev–Trinajstić information content (AvgIpc) is 2.60. The third-order valence-corrected chi connectivity index (χ3v) is 3.56. The average molecular weight is 245 g/mol. The molecule has 4 nitrogen and oxygen atoms in total. The van der Waals surface area contributed by atoms with Crippen LogP contribution in [0.25, 0.3) is 0 Å². The van der Waals surface area contributed by atoms with Crippen molar-refractivity contribution < 1.29 is 4.74 Å². The second-order valence-corrected chi connectivity index (χ2v) is 4.74. The molecule has 2 heterocycles. The van der Waals surface area contributed by atoms with E-state index in [0.29, 0.717) is 0 Å². The quantitative estimate of drug-likeness (QED) is 0.688. The van der Waals surface area contributed by atoms with Gasteiger partial charge in [-0.25, -0.2) is 0 Å². The lowest BCUT2D eigenvalue weighted by Gasteiger charge is -2.30. The molecule has 2 aliphatic rings. The molecule has 0 aliphatic carbocycles. The minimum atomic E-state index is 0.803. The second kappa shape index (κ2) is 4.98. The van der Waals surface area contributed by atoms with Crippen molar-refractivity contribution in [3.05, 3.63) is 29.8 Å². The van der Waals surface area contributed by atoms with Gasteiger partial charge in [0.05, 0.1) is 19.8 Å². The highest BCUT2D eigenvalue weighted by Gasteiger charge is 2.22. The van der Waals surface area contributed by atoms with Gasteiger partial charge in [0.25, 0.3) is 0 Å². The number of morpholine rings is 1. The van der Waals surface area contributed by atoms with Crippen molar-refractivity contribution in [3.8, 4) is 0 Å². The van der Waals surface area contributed by atoms with Crippen molar-refractivity contribution in [2.75, 3.05) is 51.3 Å². The number of para-hydroxylation sites is 1. The van der Waals surface area contributed by atoms with Crippen molar-refractivity contribution >= 4 is 11.5 Å². The second-order valence-electron chi connectivity index (χ2n) is 4.74. The lowest BCUT2D eigenvalue weighted by molar-refractivity contribution is 0.0682. The van der Waals surface area contributed by atoms with Crippen molar-refractivity contribution in [1.29, 1.82) is 0 Å². The molecule has 96 valence electrons. The van der Waals surface area contributed by atoms with Crippen LogP contribution in [0.2, 0.25) is 0 Å². The Morgan fingerprint density at radius 3 is 2.72 bits per heavy atom. The maximum Gasteiger partial charge on any atom is 0.133 e. The summed E-state index contributed by atoms with van der Waals surface area (Å²) >= 11 is 0. The maximum atomic E-state index is 5.42. The van der Waals surface area contributed by atoms with E-state index < -0.39 is 0 Å².